The van der Waals surface area contributed by atoms with Gasteiger partial charge in [0.15, 0.2) is 5.13 Å². The first-order valence-corrected chi connectivity index (χ1v) is 10.9. The lowest BCUT2D eigenvalue weighted by Gasteiger charge is -2.29. The molecule has 154 valence electrons. The molecular formula is C21H24ClN3O3S. The fraction of sp³-hybridized carbons (Fsp3) is 0.429. The molecule has 8 heteroatoms. The number of furan rings is 1. The third-order valence-corrected chi connectivity index (χ3v) is 6.37. The summed E-state index contributed by atoms with van der Waals surface area (Å²) in [7, 11) is 0. The minimum absolute atomic E-state index is 0.0876. The predicted molar refractivity (Wildman–Crippen MR) is 116 cm³/mol. The van der Waals surface area contributed by atoms with Crippen molar-refractivity contribution in [3.63, 3.8) is 0 Å². The maximum Gasteiger partial charge on any atom is 0.263 e. The zero-order chi connectivity index (χ0) is 20.5. The molecule has 0 atom stereocenters. The molecule has 0 bridgehead atoms. The second kappa shape index (κ2) is 8.44. The van der Waals surface area contributed by atoms with Gasteiger partial charge in [0.25, 0.3) is 5.91 Å². The highest BCUT2D eigenvalue weighted by molar-refractivity contribution is 7.22. The van der Waals surface area contributed by atoms with E-state index >= 15 is 0 Å². The van der Waals surface area contributed by atoms with Gasteiger partial charge >= 0.3 is 0 Å². The highest BCUT2D eigenvalue weighted by atomic mass is 35.5. The van der Waals surface area contributed by atoms with Crippen LogP contribution in [-0.2, 0) is 4.74 Å². The molecule has 1 aliphatic rings. The number of carbonyl (C=O) groups excluding carboxylic acids is 1. The Morgan fingerprint density at radius 3 is 2.69 bits per heavy atom. The van der Waals surface area contributed by atoms with Gasteiger partial charge in [-0.05, 0) is 44.5 Å². The van der Waals surface area contributed by atoms with E-state index in [1.165, 1.54) is 11.3 Å². The first-order chi connectivity index (χ1) is 13.9. The number of rotatable bonds is 5. The number of ether oxygens (including phenoxy) is 1. The molecule has 3 aromatic rings. The summed E-state index contributed by atoms with van der Waals surface area (Å²) >= 11 is 7.72. The molecule has 0 N–H and O–H groups in total. The fourth-order valence-corrected chi connectivity index (χ4v) is 5.04. The fourth-order valence-electron chi connectivity index (χ4n) is 3.60. The number of thiazole rings is 1. The normalized spacial score (nSPS) is 15.2. The molecule has 0 saturated carbocycles. The topological polar surface area (TPSA) is 58.8 Å². The number of fused-ring (bicyclic) bond motifs is 1. The average Bonchev–Trinajstić information content (AvgIpc) is 3.25. The lowest BCUT2D eigenvalue weighted by atomic mass is 10.2. The minimum atomic E-state index is -0.0876. The molecular weight excluding hydrogens is 410 g/mol. The maximum atomic E-state index is 13.4. The average molecular weight is 434 g/mol. The summed E-state index contributed by atoms with van der Waals surface area (Å²) in [5.74, 6) is 1.27. The quantitative estimate of drug-likeness (QED) is 0.595. The second-order valence-electron chi connectivity index (χ2n) is 7.30. The van der Waals surface area contributed by atoms with Crippen molar-refractivity contribution >= 4 is 44.2 Å². The number of nitrogens with zero attached hydrogens (tertiary/aromatic N) is 3. The molecule has 0 spiro atoms. The molecule has 6 nitrogen and oxygen atoms in total. The molecule has 0 radical (unpaired) electrons. The third kappa shape index (κ3) is 4.33. The van der Waals surface area contributed by atoms with Gasteiger partial charge in [-0.1, -0.05) is 22.9 Å². The van der Waals surface area contributed by atoms with E-state index in [1.54, 1.807) is 11.0 Å². The maximum absolute atomic E-state index is 13.4. The van der Waals surface area contributed by atoms with Crippen LogP contribution in [0.15, 0.2) is 22.6 Å². The Kier molecular flexibility index (Phi) is 5.92. The second-order valence-corrected chi connectivity index (χ2v) is 8.75. The highest BCUT2D eigenvalue weighted by Gasteiger charge is 2.26. The molecule has 0 aliphatic carbocycles. The van der Waals surface area contributed by atoms with Crippen molar-refractivity contribution in [2.24, 2.45) is 0 Å². The van der Waals surface area contributed by atoms with Crippen molar-refractivity contribution in [2.45, 2.75) is 20.8 Å². The monoisotopic (exact) mass is 433 g/mol. The molecule has 3 heterocycles. The highest BCUT2D eigenvalue weighted by Crippen LogP contribution is 2.34. The molecule has 0 unspecified atom stereocenters. The van der Waals surface area contributed by atoms with Crippen LogP contribution in [0, 0.1) is 20.8 Å². The van der Waals surface area contributed by atoms with Crippen molar-refractivity contribution in [1.82, 2.24) is 9.88 Å². The smallest absolute Gasteiger partial charge is 0.263 e. The number of anilines is 1. The zero-order valence-electron chi connectivity index (χ0n) is 16.8. The van der Waals surface area contributed by atoms with E-state index in [-0.39, 0.29) is 5.91 Å². The Hall–Kier alpha value is -1.93. The van der Waals surface area contributed by atoms with Crippen molar-refractivity contribution in [3.05, 3.63) is 45.9 Å². The number of aromatic nitrogens is 1. The summed E-state index contributed by atoms with van der Waals surface area (Å²) in [5.41, 5.74) is 2.48. The number of aryl methyl sites for hydroxylation is 3. The number of hydrogen-bond donors (Lipinski definition) is 0. The summed E-state index contributed by atoms with van der Waals surface area (Å²) in [6.45, 7) is 10.2. The molecule has 1 amide bonds. The van der Waals surface area contributed by atoms with Gasteiger partial charge in [0, 0.05) is 31.2 Å². The number of hydrogen-bond acceptors (Lipinski definition) is 6. The van der Waals surface area contributed by atoms with Crippen molar-refractivity contribution in [1.29, 1.82) is 0 Å². The summed E-state index contributed by atoms with van der Waals surface area (Å²) in [5, 5.41) is 1.36. The Balaban J connectivity index is 1.68. The third-order valence-electron chi connectivity index (χ3n) is 5.13. The van der Waals surface area contributed by atoms with Crippen molar-refractivity contribution in [2.75, 3.05) is 44.3 Å². The lowest BCUT2D eigenvalue weighted by Crippen LogP contribution is -2.43. The minimum Gasteiger partial charge on any atom is -0.466 e. The van der Waals surface area contributed by atoms with Crippen LogP contribution in [0.5, 0.6) is 0 Å². The van der Waals surface area contributed by atoms with Gasteiger partial charge in [-0.25, -0.2) is 4.98 Å². The Bertz CT molecular complexity index is 1040. The number of halogens is 1. The predicted octanol–water partition coefficient (Wildman–Crippen LogP) is 4.45. The lowest BCUT2D eigenvalue weighted by molar-refractivity contribution is 0.0391. The van der Waals surface area contributed by atoms with E-state index in [0.717, 1.165) is 54.4 Å². The van der Waals surface area contributed by atoms with Crippen molar-refractivity contribution < 1.29 is 13.9 Å². The van der Waals surface area contributed by atoms with Gasteiger partial charge in [0.1, 0.15) is 11.5 Å². The van der Waals surface area contributed by atoms with E-state index in [0.29, 0.717) is 28.0 Å². The van der Waals surface area contributed by atoms with Gasteiger partial charge in [-0.3, -0.25) is 14.6 Å². The van der Waals surface area contributed by atoms with Crippen LogP contribution in [0.1, 0.15) is 27.4 Å². The Labute approximate surface area is 179 Å². The number of amides is 1. The summed E-state index contributed by atoms with van der Waals surface area (Å²) < 4.78 is 12.0. The molecule has 4 rings (SSSR count). The van der Waals surface area contributed by atoms with E-state index in [2.05, 4.69) is 4.90 Å². The van der Waals surface area contributed by atoms with Crippen LogP contribution < -0.4 is 4.90 Å². The zero-order valence-corrected chi connectivity index (χ0v) is 18.4. The first kappa shape index (κ1) is 20.3. The van der Waals surface area contributed by atoms with E-state index < -0.39 is 0 Å². The Morgan fingerprint density at radius 2 is 2.00 bits per heavy atom. The number of morpholine rings is 1. The van der Waals surface area contributed by atoms with Gasteiger partial charge < -0.3 is 9.15 Å². The molecule has 1 saturated heterocycles. The molecule has 1 aromatic carbocycles. The van der Waals surface area contributed by atoms with Crippen LogP contribution in [0.3, 0.4) is 0 Å². The number of benzene rings is 1. The van der Waals surface area contributed by atoms with Gasteiger partial charge in [-0.15, -0.1) is 0 Å². The van der Waals surface area contributed by atoms with E-state index in [1.807, 2.05) is 32.9 Å². The Morgan fingerprint density at radius 1 is 1.24 bits per heavy atom. The SMILES string of the molecule is Cc1cc(C(=O)N(CCN2CCOCC2)c2nc3c(C)cc(Cl)cc3s2)c(C)o1. The van der Waals surface area contributed by atoms with Crippen LogP contribution in [-0.4, -0.2) is 55.2 Å². The molecule has 1 aliphatic heterocycles. The number of carbonyl (C=O) groups is 1. The first-order valence-electron chi connectivity index (χ1n) is 9.68. The molecule has 2 aromatic heterocycles. The summed E-state index contributed by atoms with van der Waals surface area (Å²) in [4.78, 5) is 22.3. The van der Waals surface area contributed by atoms with Gasteiger partial charge in [-0.2, -0.15) is 0 Å². The molecule has 1 fully saturated rings. The van der Waals surface area contributed by atoms with E-state index in [9.17, 15) is 4.79 Å². The largest absolute Gasteiger partial charge is 0.466 e. The van der Waals surface area contributed by atoms with Gasteiger partial charge in [0.05, 0.1) is 29.0 Å². The standard InChI is InChI=1S/C21H24ClN3O3S/c1-13-10-16(22)12-18-19(13)23-21(29-18)25(5-4-24-6-8-27-9-7-24)20(26)17-11-14(2)28-15(17)3/h10-12H,4-9H2,1-3H3. The van der Waals surface area contributed by atoms with E-state index in [4.69, 9.17) is 25.7 Å². The summed E-state index contributed by atoms with van der Waals surface area (Å²) in [6.07, 6.45) is 0. The van der Waals surface area contributed by atoms with Crippen molar-refractivity contribution in [3.8, 4) is 0 Å². The molecule has 29 heavy (non-hydrogen) atoms. The van der Waals surface area contributed by atoms with Crippen LogP contribution in [0.25, 0.3) is 10.2 Å². The van der Waals surface area contributed by atoms with Gasteiger partial charge in [0.2, 0.25) is 0 Å². The summed E-state index contributed by atoms with van der Waals surface area (Å²) in [6, 6.07) is 5.61. The van der Waals surface area contributed by atoms with Crippen LogP contribution in [0.4, 0.5) is 5.13 Å². The van der Waals surface area contributed by atoms with Crippen LogP contribution in [0.2, 0.25) is 5.02 Å². The van der Waals surface area contributed by atoms with Crippen LogP contribution >= 0.6 is 22.9 Å².